The van der Waals surface area contributed by atoms with Crippen LogP contribution in [0, 0.1) is 10.1 Å². The average Bonchev–Trinajstić information content (AvgIpc) is 3.13. The standard InChI is InChI=1S/C17H16N2O6S/c1-11(25-16(20)6-3-12-7-8-26-10-12)17(21)18-14-9-13(19(22)23)4-5-15(14)24-2/h3-11H,1-2H3,(H,18,21)/b6-3+. The predicted molar refractivity (Wildman–Crippen MR) is 97.2 cm³/mol. The minimum absolute atomic E-state index is 0.114. The number of nitrogens with zero attached hydrogens (tertiary/aromatic N) is 1. The van der Waals surface area contributed by atoms with E-state index in [9.17, 15) is 19.7 Å². The summed E-state index contributed by atoms with van der Waals surface area (Å²) in [5.41, 5.74) is 0.762. The molecule has 136 valence electrons. The lowest BCUT2D eigenvalue weighted by molar-refractivity contribution is -0.384. The van der Waals surface area contributed by atoms with Gasteiger partial charge in [0.1, 0.15) is 5.75 Å². The van der Waals surface area contributed by atoms with E-state index in [1.165, 1.54) is 49.6 Å². The Hall–Kier alpha value is -3.20. The zero-order valence-electron chi connectivity index (χ0n) is 14.0. The summed E-state index contributed by atoms with van der Waals surface area (Å²) in [6.45, 7) is 1.40. The number of rotatable bonds is 7. The highest BCUT2D eigenvalue weighted by Crippen LogP contribution is 2.29. The van der Waals surface area contributed by atoms with E-state index >= 15 is 0 Å². The molecular weight excluding hydrogens is 360 g/mol. The van der Waals surface area contributed by atoms with Crippen LogP contribution in [0.15, 0.2) is 41.1 Å². The number of nitrogens with one attached hydrogen (secondary N) is 1. The third-order valence-corrected chi connectivity index (χ3v) is 3.97. The molecule has 9 heteroatoms. The quantitative estimate of drug-likeness (QED) is 0.344. The Labute approximate surface area is 153 Å². The lowest BCUT2D eigenvalue weighted by atomic mass is 10.2. The number of nitro groups is 1. The minimum atomic E-state index is -1.10. The van der Waals surface area contributed by atoms with Crippen molar-refractivity contribution in [3.63, 3.8) is 0 Å². The highest BCUT2D eigenvalue weighted by atomic mass is 32.1. The molecule has 0 saturated heterocycles. The van der Waals surface area contributed by atoms with Crippen LogP contribution in [0.3, 0.4) is 0 Å². The zero-order valence-corrected chi connectivity index (χ0v) is 14.8. The molecule has 1 heterocycles. The molecule has 1 aromatic carbocycles. The molecule has 1 atom stereocenters. The highest BCUT2D eigenvalue weighted by Gasteiger charge is 2.20. The number of methoxy groups -OCH3 is 1. The molecule has 1 unspecified atom stereocenters. The molecule has 1 aromatic heterocycles. The van der Waals surface area contributed by atoms with Crippen LogP contribution < -0.4 is 10.1 Å². The van der Waals surface area contributed by atoms with Gasteiger partial charge < -0.3 is 14.8 Å². The van der Waals surface area contributed by atoms with Gasteiger partial charge in [-0.15, -0.1) is 0 Å². The second kappa shape index (κ2) is 8.77. The van der Waals surface area contributed by atoms with Crippen molar-refractivity contribution in [1.82, 2.24) is 0 Å². The molecule has 0 radical (unpaired) electrons. The van der Waals surface area contributed by atoms with E-state index in [1.807, 2.05) is 16.8 Å². The van der Waals surface area contributed by atoms with Crippen LogP contribution in [-0.4, -0.2) is 30.0 Å². The Kier molecular flexibility index (Phi) is 6.45. The number of thiophene rings is 1. The fraction of sp³-hybridized carbons (Fsp3) is 0.176. The maximum Gasteiger partial charge on any atom is 0.331 e. The first kappa shape index (κ1) is 19.1. The van der Waals surface area contributed by atoms with Crippen molar-refractivity contribution in [3.05, 3.63) is 56.8 Å². The monoisotopic (exact) mass is 376 g/mol. The van der Waals surface area contributed by atoms with Gasteiger partial charge in [-0.3, -0.25) is 14.9 Å². The van der Waals surface area contributed by atoms with Crippen LogP contribution in [0.4, 0.5) is 11.4 Å². The van der Waals surface area contributed by atoms with Crippen LogP contribution in [0.2, 0.25) is 0 Å². The third-order valence-electron chi connectivity index (χ3n) is 3.27. The molecule has 0 aliphatic rings. The topological polar surface area (TPSA) is 108 Å². The summed E-state index contributed by atoms with van der Waals surface area (Å²) in [6, 6.07) is 5.63. The molecule has 0 bridgehead atoms. The average molecular weight is 376 g/mol. The minimum Gasteiger partial charge on any atom is -0.495 e. The summed E-state index contributed by atoms with van der Waals surface area (Å²) in [6.07, 6.45) is 1.70. The highest BCUT2D eigenvalue weighted by molar-refractivity contribution is 7.08. The number of hydrogen-bond donors (Lipinski definition) is 1. The van der Waals surface area contributed by atoms with Gasteiger partial charge in [0.2, 0.25) is 0 Å². The molecule has 1 N–H and O–H groups in total. The molecular formula is C17H16N2O6S. The predicted octanol–water partition coefficient (Wildman–Crippen LogP) is 3.25. The number of esters is 1. The lowest BCUT2D eigenvalue weighted by Gasteiger charge is -2.14. The molecule has 0 spiro atoms. The van der Waals surface area contributed by atoms with Gasteiger partial charge in [-0.25, -0.2) is 4.79 Å². The molecule has 8 nitrogen and oxygen atoms in total. The van der Waals surface area contributed by atoms with E-state index in [-0.39, 0.29) is 17.1 Å². The SMILES string of the molecule is COc1ccc([N+](=O)[O-])cc1NC(=O)C(C)OC(=O)/C=C/c1ccsc1. The molecule has 26 heavy (non-hydrogen) atoms. The number of hydrogen-bond acceptors (Lipinski definition) is 7. The Morgan fingerprint density at radius 1 is 1.35 bits per heavy atom. The Bertz CT molecular complexity index is 832. The molecule has 1 amide bonds. The van der Waals surface area contributed by atoms with Crippen molar-refractivity contribution >= 4 is 40.7 Å². The van der Waals surface area contributed by atoms with Crippen molar-refractivity contribution in [2.75, 3.05) is 12.4 Å². The second-order valence-corrected chi connectivity index (χ2v) is 5.88. The van der Waals surface area contributed by atoms with E-state index in [2.05, 4.69) is 5.32 Å². The summed E-state index contributed by atoms with van der Waals surface area (Å²) in [4.78, 5) is 34.2. The summed E-state index contributed by atoms with van der Waals surface area (Å²) < 4.78 is 10.1. The van der Waals surface area contributed by atoms with E-state index in [0.717, 1.165) is 5.56 Å². The van der Waals surface area contributed by atoms with Gasteiger partial charge in [0, 0.05) is 18.2 Å². The van der Waals surface area contributed by atoms with E-state index < -0.39 is 22.9 Å². The molecule has 0 saturated carbocycles. The molecule has 0 aliphatic heterocycles. The summed E-state index contributed by atoms with van der Waals surface area (Å²) in [5.74, 6) is -1.06. The van der Waals surface area contributed by atoms with Crippen LogP contribution in [0.1, 0.15) is 12.5 Å². The Morgan fingerprint density at radius 3 is 2.73 bits per heavy atom. The number of non-ortho nitro benzene ring substituents is 1. The van der Waals surface area contributed by atoms with Crippen molar-refractivity contribution in [3.8, 4) is 5.75 Å². The number of amides is 1. The number of carbonyl (C=O) groups excluding carboxylic acids is 2. The lowest BCUT2D eigenvalue weighted by Crippen LogP contribution is -2.29. The summed E-state index contributed by atoms with van der Waals surface area (Å²) in [7, 11) is 1.37. The first-order chi connectivity index (χ1) is 12.4. The number of ether oxygens (including phenoxy) is 2. The smallest absolute Gasteiger partial charge is 0.331 e. The van der Waals surface area contributed by atoms with Crippen LogP contribution in [-0.2, 0) is 14.3 Å². The Balaban J connectivity index is 2.01. The van der Waals surface area contributed by atoms with E-state index in [0.29, 0.717) is 0 Å². The normalized spacial score (nSPS) is 11.8. The maximum atomic E-state index is 12.2. The number of anilines is 1. The largest absolute Gasteiger partial charge is 0.495 e. The summed E-state index contributed by atoms with van der Waals surface area (Å²) >= 11 is 1.49. The maximum absolute atomic E-state index is 12.2. The third kappa shape index (κ3) is 5.15. The first-order valence-electron chi connectivity index (χ1n) is 7.45. The van der Waals surface area contributed by atoms with Crippen molar-refractivity contribution < 1.29 is 24.0 Å². The number of nitro benzene ring substituents is 1. The fourth-order valence-electron chi connectivity index (χ4n) is 1.94. The number of carbonyl (C=O) groups is 2. The van der Waals surface area contributed by atoms with E-state index in [4.69, 9.17) is 9.47 Å². The number of benzene rings is 1. The van der Waals surface area contributed by atoms with Gasteiger partial charge in [-0.05, 0) is 41.5 Å². The second-order valence-electron chi connectivity index (χ2n) is 5.10. The van der Waals surface area contributed by atoms with Gasteiger partial charge in [0.05, 0.1) is 17.7 Å². The van der Waals surface area contributed by atoms with Crippen molar-refractivity contribution in [2.24, 2.45) is 0 Å². The van der Waals surface area contributed by atoms with Gasteiger partial charge >= 0.3 is 5.97 Å². The molecule has 2 rings (SSSR count). The van der Waals surface area contributed by atoms with Gasteiger partial charge in [0.15, 0.2) is 6.10 Å². The van der Waals surface area contributed by atoms with Crippen LogP contribution in [0.25, 0.3) is 6.08 Å². The van der Waals surface area contributed by atoms with Gasteiger partial charge in [0.25, 0.3) is 11.6 Å². The van der Waals surface area contributed by atoms with Crippen molar-refractivity contribution in [2.45, 2.75) is 13.0 Å². The fourth-order valence-corrected chi connectivity index (χ4v) is 2.57. The van der Waals surface area contributed by atoms with E-state index in [1.54, 1.807) is 6.08 Å². The zero-order chi connectivity index (χ0) is 19.1. The van der Waals surface area contributed by atoms with Gasteiger partial charge in [-0.1, -0.05) is 0 Å². The molecule has 0 fully saturated rings. The summed E-state index contributed by atoms with van der Waals surface area (Å²) in [5, 5.41) is 17.1. The Morgan fingerprint density at radius 2 is 2.12 bits per heavy atom. The molecule has 0 aliphatic carbocycles. The van der Waals surface area contributed by atoms with Crippen molar-refractivity contribution in [1.29, 1.82) is 0 Å². The van der Waals surface area contributed by atoms with Crippen LogP contribution >= 0.6 is 11.3 Å². The first-order valence-corrected chi connectivity index (χ1v) is 8.39. The molecule has 2 aromatic rings. The van der Waals surface area contributed by atoms with Gasteiger partial charge in [-0.2, -0.15) is 11.3 Å². The van der Waals surface area contributed by atoms with Crippen LogP contribution in [0.5, 0.6) is 5.75 Å².